The highest BCUT2D eigenvalue weighted by molar-refractivity contribution is 5.78. The molecule has 0 saturated heterocycles. The molecule has 4 heteroatoms. The van der Waals surface area contributed by atoms with Gasteiger partial charge in [0, 0.05) is 12.1 Å². The van der Waals surface area contributed by atoms with Crippen molar-refractivity contribution in [3.05, 3.63) is 65.0 Å². The van der Waals surface area contributed by atoms with Crippen molar-refractivity contribution < 1.29 is 13.9 Å². The molecule has 0 aliphatic carbocycles. The summed E-state index contributed by atoms with van der Waals surface area (Å²) < 4.78 is 19.0. The number of hydrogen-bond donors (Lipinski definition) is 1. The number of nitrogens with one attached hydrogen (secondary N) is 1. The molecular weight excluding hydrogens is 281 g/mol. The lowest BCUT2D eigenvalue weighted by molar-refractivity contribution is -0.120. The molecule has 0 bridgehead atoms. The zero-order valence-electron chi connectivity index (χ0n) is 12.3. The van der Waals surface area contributed by atoms with Crippen LogP contribution in [0.15, 0.2) is 42.5 Å². The van der Waals surface area contributed by atoms with Crippen LogP contribution in [0, 0.1) is 5.82 Å². The van der Waals surface area contributed by atoms with Crippen LogP contribution >= 0.6 is 0 Å². The van der Waals surface area contributed by atoms with E-state index in [2.05, 4.69) is 5.32 Å². The molecule has 3 nitrogen and oxygen atoms in total. The van der Waals surface area contributed by atoms with E-state index in [1.54, 1.807) is 18.2 Å². The van der Waals surface area contributed by atoms with Crippen LogP contribution in [-0.2, 0) is 24.2 Å². The Labute approximate surface area is 129 Å². The van der Waals surface area contributed by atoms with E-state index in [1.165, 1.54) is 6.07 Å². The Kier molecular flexibility index (Phi) is 4.37. The predicted octanol–water partition coefficient (Wildman–Crippen LogP) is 3.01. The van der Waals surface area contributed by atoms with Crippen LogP contribution in [0.25, 0.3) is 0 Å². The SMILES string of the molecule is O=C(Cc1ccc2c(c1)CCCO2)NCc1ccccc1F. The lowest BCUT2D eigenvalue weighted by Gasteiger charge is -2.17. The molecule has 1 N–H and O–H groups in total. The summed E-state index contributed by atoms with van der Waals surface area (Å²) in [5, 5.41) is 2.76. The molecule has 1 amide bonds. The van der Waals surface area contributed by atoms with Crippen LogP contribution < -0.4 is 10.1 Å². The first-order chi connectivity index (χ1) is 10.7. The van der Waals surface area contributed by atoms with Gasteiger partial charge in [-0.3, -0.25) is 4.79 Å². The number of ether oxygens (including phenoxy) is 1. The van der Waals surface area contributed by atoms with Gasteiger partial charge < -0.3 is 10.1 Å². The van der Waals surface area contributed by atoms with Gasteiger partial charge in [-0.15, -0.1) is 0 Å². The lowest BCUT2D eigenvalue weighted by Crippen LogP contribution is -2.25. The predicted molar refractivity (Wildman–Crippen MR) is 82.2 cm³/mol. The summed E-state index contributed by atoms with van der Waals surface area (Å²) in [6, 6.07) is 12.3. The van der Waals surface area contributed by atoms with Gasteiger partial charge >= 0.3 is 0 Å². The molecule has 2 aromatic rings. The molecule has 0 unspecified atom stereocenters. The first-order valence-corrected chi connectivity index (χ1v) is 7.47. The number of halogens is 1. The minimum Gasteiger partial charge on any atom is -0.493 e. The van der Waals surface area contributed by atoms with Crippen molar-refractivity contribution in [3.63, 3.8) is 0 Å². The highest BCUT2D eigenvalue weighted by Gasteiger charge is 2.12. The quantitative estimate of drug-likeness (QED) is 0.942. The van der Waals surface area contributed by atoms with E-state index in [1.807, 2.05) is 18.2 Å². The molecule has 0 radical (unpaired) electrons. The van der Waals surface area contributed by atoms with Crippen LogP contribution in [-0.4, -0.2) is 12.5 Å². The highest BCUT2D eigenvalue weighted by atomic mass is 19.1. The summed E-state index contributed by atoms with van der Waals surface area (Å²) in [7, 11) is 0. The summed E-state index contributed by atoms with van der Waals surface area (Å²) in [5.41, 5.74) is 2.61. The molecule has 0 spiro atoms. The number of carbonyl (C=O) groups excluding carboxylic acids is 1. The number of rotatable bonds is 4. The number of benzene rings is 2. The van der Waals surface area contributed by atoms with Gasteiger partial charge in [0.05, 0.1) is 13.0 Å². The van der Waals surface area contributed by atoms with Gasteiger partial charge in [0.25, 0.3) is 0 Å². The van der Waals surface area contributed by atoms with Crippen molar-refractivity contribution >= 4 is 5.91 Å². The first kappa shape index (κ1) is 14.6. The topological polar surface area (TPSA) is 38.3 Å². The minimum atomic E-state index is -0.297. The van der Waals surface area contributed by atoms with E-state index >= 15 is 0 Å². The molecule has 0 fully saturated rings. The van der Waals surface area contributed by atoms with Gasteiger partial charge in [0.1, 0.15) is 11.6 Å². The zero-order valence-corrected chi connectivity index (χ0v) is 12.3. The molecule has 0 saturated carbocycles. The number of hydrogen-bond acceptors (Lipinski definition) is 2. The molecule has 0 aromatic heterocycles. The van der Waals surface area contributed by atoms with E-state index in [4.69, 9.17) is 4.74 Å². The third-order valence-electron chi connectivity index (χ3n) is 3.77. The normalized spacial score (nSPS) is 13.1. The molecule has 2 aromatic carbocycles. The second kappa shape index (κ2) is 6.60. The zero-order chi connectivity index (χ0) is 15.4. The van der Waals surface area contributed by atoms with E-state index in [-0.39, 0.29) is 18.3 Å². The maximum Gasteiger partial charge on any atom is 0.224 e. The van der Waals surface area contributed by atoms with Crippen LogP contribution in [0.2, 0.25) is 0 Å². The van der Waals surface area contributed by atoms with Gasteiger partial charge in [0.15, 0.2) is 0 Å². The van der Waals surface area contributed by atoms with Crippen LogP contribution in [0.5, 0.6) is 5.75 Å². The third kappa shape index (κ3) is 3.45. The average molecular weight is 299 g/mol. The van der Waals surface area contributed by atoms with Gasteiger partial charge in [-0.2, -0.15) is 0 Å². The Hall–Kier alpha value is -2.36. The smallest absolute Gasteiger partial charge is 0.224 e. The van der Waals surface area contributed by atoms with Crippen molar-refractivity contribution in [2.45, 2.75) is 25.8 Å². The summed E-state index contributed by atoms with van der Waals surface area (Å²) in [5.74, 6) is 0.510. The van der Waals surface area contributed by atoms with Gasteiger partial charge in [-0.25, -0.2) is 4.39 Å². The van der Waals surface area contributed by atoms with Crippen LogP contribution in [0.3, 0.4) is 0 Å². The van der Waals surface area contributed by atoms with Crippen molar-refractivity contribution in [3.8, 4) is 5.75 Å². The van der Waals surface area contributed by atoms with Gasteiger partial charge in [-0.1, -0.05) is 30.3 Å². The Morgan fingerprint density at radius 1 is 1.23 bits per heavy atom. The molecule has 114 valence electrons. The maximum absolute atomic E-state index is 13.5. The minimum absolute atomic E-state index is 0.111. The molecule has 3 rings (SSSR count). The summed E-state index contributed by atoms with van der Waals surface area (Å²) in [6.07, 6.45) is 2.29. The Bertz CT molecular complexity index is 685. The van der Waals surface area contributed by atoms with E-state index in [0.717, 1.165) is 36.3 Å². The number of aryl methyl sites for hydroxylation is 1. The highest BCUT2D eigenvalue weighted by Crippen LogP contribution is 2.25. The largest absolute Gasteiger partial charge is 0.493 e. The van der Waals surface area contributed by atoms with Crippen molar-refractivity contribution in [2.24, 2.45) is 0 Å². The first-order valence-electron chi connectivity index (χ1n) is 7.47. The van der Waals surface area contributed by atoms with Crippen LogP contribution in [0.4, 0.5) is 4.39 Å². The van der Waals surface area contributed by atoms with Crippen LogP contribution in [0.1, 0.15) is 23.1 Å². The van der Waals surface area contributed by atoms with Crippen molar-refractivity contribution in [1.82, 2.24) is 5.32 Å². The monoisotopic (exact) mass is 299 g/mol. The van der Waals surface area contributed by atoms with Crippen molar-refractivity contribution in [1.29, 1.82) is 0 Å². The number of fused-ring (bicyclic) bond motifs is 1. The fourth-order valence-corrected chi connectivity index (χ4v) is 2.61. The second-order valence-electron chi connectivity index (χ2n) is 5.44. The molecule has 1 aliphatic rings. The standard InChI is InChI=1S/C18H18FNO2/c19-16-6-2-1-4-15(16)12-20-18(21)11-13-7-8-17-14(10-13)5-3-9-22-17/h1-2,4,6-8,10H,3,5,9,11-12H2,(H,20,21). The Morgan fingerprint density at radius 2 is 2.09 bits per heavy atom. The molecular formula is C18H18FNO2. The summed E-state index contributed by atoms with van der Waals surface area (Å²) in [6.45, 7) is 0.967. The summed E-state index contributed by atoms with van der Waals surface area (Å²) in [4.78, 5) is 12.0. The Balaban J connectivity index is 1.59. The van der Waals surface area contributed by atoms with Gasteiger partial charge in [-0.05, 0) is 36.1 Å². The second-order valence-corrected chi connectivity index (χ2v) is 5.44. The van der Waals surface area contributed by atoms with E-state index < -0.39 is 0 Å². The number of carbonyl (C=O) groups is 1. The molecule has 1 aliphatic heterocycles. The average Bonchev–Trinajstić information content (AvgIpc) is 2.54. The van der Waals surface area contributed by atoms with Crippen molar-refractivity contribution in [2.75, 3.05) is 6.61 Å². The fraction of sp³-hybridized carbons (Fsp3) is 0.278. The molecule has 22 heavy (non-hydrogen) atoms. The summed E-state index contributed by atoms with van der Waals surface area (Å²) >= 11 is 0. The fourth-order valence-electron chi connectivity index (χ4n) is 2.61. The molecule has 0 atom stereocenters. The van der Waals surface area contributed by atoms with E-state index in [9.17, 15) is 9.18 Å². The number of amides is 1. The lowest BCUT2D eigenvalue weighted by atomic mass is 10.0. The van der Waals surface area contributed by atoms with E-state index in [0.29, 0.717) is 12.0 Å². The van der Waals surface area contributed by atoms with Gasteiger partial charge in [0.2, 0.25) is 5.91 Å². The third-order valence-corrected chi connectivity index (χ3v) is 3.77. The maximum atomic E-state index is 13.5. The molecule has 1 heterocycles. The Morgan fingerprint density at radius 3 is 2.95 bits per heavy atom.